The lowest BCUT2D eigenvalue weighted by Crippen LogP contribution is -2.37. The third-order valence-corrected chi connectivity index (χ3v) is 9.19. The zero-order valence-electron chi connectivity index (χ0n) is 28.5. The number of nitrogens with one attached hydrogen (secondary N) is 1. The van der Waals surface area contributed by atoms with Gasteiger partial charge in [0.1, 0.15) is 5.75 Å². The summed E-state index contributed by atoms with van der Waals surface area (Å²) in [4.78, 5) is 30.7. The number of nitrogens with two attached hydrogens (primary N) is 1. The summed E-state index contributed by atoms with van der Waals surface area (Å²) in [5, 5.41) is 2.97. The highest BCUT2D eigenvalue weighted by Crippen LogP contribution is 2.34. The second-order valence-electron chi connectivity index (χ2n) is 12.9. The number of rotatable bonds is 10. The fourth-order valence-electron chi connectivity index (χ4n) is 6.33. The van der Waals surface area contributed by atoms with Crippen molar-refractivity contribution in [3.8, 4) is 5.75 Å². The van der Waals surface area contributed by atoms with E-state index in [2.05, 4.69) is 35.4 Å². The standard InChI is InChI=1S/C24H36N4O2.C14H20O.H2/c1-5-23(29)27-15-18-9-11-19(12-10-18)24(30)28(4)22-8-6-7-20(13-22)21(14-25)16-26-17(2)3;1-11-10-13(8-9-14(11)15-2)12-6-4-3-5-7-12;/h6-8,13-14,16-19H,5,9-12,15,25H2,1-4H3,(H,27,29);8-10,12H,3-7H2,1-2H3;1H/b21-14+,26-16?;;. The molecule has 0 spiro atoms. The molecule has 0 saturated heterocycles. The molecule has 3 N–H and O–H groups in total. The number of hydrogen-bond acceptors (Lipinski definition) is 5. The molecule has 2 aliphatic rings. The quantitative estimate of drug-likeness (QED) is 0.263. The molecule has 4 rings (SSSR count). The van der Waals surface area contributed by atoms with Crippen molar-refractivity contribution >= 4 is 29.3 Å². The van der Waals surface area contributed by atoms with Crippen LogP contribution in [0.2, 0.25) is 0 Å². The van der Waals surface area contributed by atoms with Gasteiger partial charge >= 0.3 is 0 Å². The van der Waals surface area contributed by atoms with Gasteiger partial charge in [0, 0.05) is 57.1 Å². The maximum absolute atomic E-state index is 13.1. The molecule has 0 unspecified atom stereocenters. The van der Waals surface area contributed by atoms with Crippen molar-refractivity contribution < 1.29 is 15.8 Å². The first-order valence-corrected chi connectivity index (χ1v) is 16.9. The Morgan fingerprint density at radius 2 is 1.78 bits per heavy atom. The second kappa shape index (κ2) is 18.4. The number of carbonyl (C=O) groups excluding carboxylic acids is 2. The van der Waals surface area contributed by atoms with Gasteiger partial charge in [0.2, 0.25) is 11.8 Å². The lowest BCUT2D eigenvalue weighted by Gasteiger charge is -2.30. The Morgan fingerprint density at radius 1 is 1.07 bits per heavy atom. The first kappa shape index (κ1) is 35.9. The predicted octanol–water partition coefficient (Wildman–Crippen LogP) is 8.06. The molecule has 2 fully saturated rings. The second-order valence-corrected chi connectivity index (χ2v) is 12.9. The van der Waals surface area contributed by atoms with Crippen molar-refractivity contribution in [1.29, 1.82) is 0 Å². The van der Waals surface area contributed by atoms with Crippen LogP contribution in [0, 0.1) is 18.8 Å². The van der Waals surface area contributed by atoms with Crippen LogP contribution < -0.4 is 20.7 Å². The summed E-state index contributed by atoms with van der Waals surface area (Å²) in [6, 6.07) is 14.7. The molecule has 0 aromatic heterocycles. The summed E-state index contributed by atoms with van der Waals surface area (Å²) in [6.45, 7) is 8.74. The number of ether oxygens (including phenoxy) is 1. The number of allylic oxidation sites excluding steroid dienone is 1. The average Bonchev–Trinajstić information content (AvgIpc) is 3.07. The molecule has 2 aliphatic carbocycles. The highest BCUT2D eigenvalue weighted by molar-refractivity contribution is 6.10. The molecular formula is C38H58N4O3. The van der Waals surface area contributed by atoms with Crippen LogP contribution in [0.5, 0.6) is 5.75 Å². The van der Waals surface area contributed by atoms with E-state index in [0.29, 0.717) is 12.3 Å². The van der Waals surface area contributed by atoms with E-state index >= 15 is 0 Å². The first-order chi connectivity index (χ1) is 21.7. The third-order valence-electron chi connectivity index (χ3n) is 9.19. The molecule has 0 aliphatic heterocycles. The van der Waals surface area contributed by atoms with Gasteiger partial charge < -0.3 is 20.7 Å². The summed E-state index contributed by atoms with van der Waals surface area (Å²) in [7, 11) is 3.58. The van der Waals surface area contributed by atoms with Crippen molar-refractivity contribution in [3.05, 3.63) is 65.4 Å². The summed E-state index contributed by atoms with van der Waals surface area (Å²) < 4.78 is 5.29. The molecule has 0 heterocycles. The molecule has 7 heteroatoms. The SMILES string of the molecule is CCC(=O)NCC1CCC(C(=O)N(C)c2cccc(/C(C=NC(C)C)=C/N)c2)CC1.COc1ccc(C2CCCCC2)cc1C.[HH]. The van der Waals surface area contributed by atoms with Crippen molar-refractivity contribution in [1.82, 2.24) is 5.32 Å². The number of anilines is 1. The van der Waals surface area contributed by atoms with Gasteiger partial charge in [-0.25, -0.2) is 0 Å². The number of benzene rings is 2. The van der Waals surface area contributed by atoms with Crippen LogP contribution in [-0.4, -0.2) is 44.8 Å². The average molecular weight is 619 g/mol. The highest BCUT2D eigenvalue weighted by Gasteiger charge is 2.29. The largest absolute Gasteiger partial charge is 0.496 e. The first-order valence-electron chi connectivity index (χ1n) is 16.9. The summed E-state index contributed by atoms with van der Waals surface area (Å²) in [5.74, 6) is 2.55. The van der Waals surface area contributed by atoms with E-state index in [1.807, 2.05) is 52.1 Å². The van der Waals surface area contributed by atoms with Gasteiger partial charge in [-0.1, -0.05) is 50.5 Å². The predicted molar refractivity (Wildman–Crippen MR) is 190 cm³/mol. The molecule has 0 bridgehead atoms. The van der Waals surface area contributed by atoms with Crippen LogP contribution in [0.1, 0.15) is 109 Å². The third kappa shape index (κ3) is 11.1. The summed E-state index contributed by atoms with van der Waals surface area (Å²) in [6.07, 6.45) is 14.5. The maximum atomic E-state index is 13.1. The monoisotopic (exact) mass is 618 g/mol. The van der Waals surface area contributed by atoms with E-state index < -0.39 is 0 Å². The molecule has 7 nitrogen and oxygen atoms in total. The van der Waals surface area contributed by atoms with Crippen LogP contribution in [0.25, 0.3) is 5.57 Å². The van der Waals surface area contributed by atoms with E-state index in [9.17, 15) is 9.59 Å². The fraction of sp³-hybridized carbons (Fsp3) is 0.553. The maximum Gasteiger partial charge on any atom is 0.229 e. The van der Waals surface area contributed by atoms with Gasteiger partial charge in [-0.15, -0.1) is 0 Å². The number of nitrogens with zero attached hydrogens (tertiary/aromatic N) is 2. The lowest BCUT2D eigenvalue weighted by atomic mass is 9.81. The molecule has 2 aromatic rings. The fourth-order valence-corrected chi connectivity index (χ4v) is 6.33. The smallest absolute Gasteiger partial charge is 0.229 e. The minimum atomic E-state index is 0. The summed E-state index contributed by atoms with van der Waals surface area (Å²) in [5.41, 5.74) is 11.2. The van der Waals surface area contributed by atoms with Crippen molar-refractivity contribution in [2.45, 2.75) is 104 Å². The molecule has 248 valence electrons. The molecule has 0 atom stereocenters. The Kier molecular flexibility index (Phi) is 14.6. The van der Waals surface area contributed by atoms with E-state index in [0.717, 1.165) is 60.7 Å². The van der Waals surface area contributed by atoms with Crippen LogP contribution in [0.4, 0.5) is 5.69 Å². The number of carbonyl (C=O) groups is 2. The molecule has 2 saturated carbocycles. The number of aryl methyl sites for hydroxylation is 1. The van der Waals surface area contributed by atoms with Gasteiger partial charge in [-0.05, 0) is 106 Å². The lowest BCUT2D eigenvalue weighted by molar-refractivity contribution is -0.124. The van der Waals surface area contributed by atoms with Gasteiger partial charge in [-0.2, -0.15) is 0 Å². The molecule has 2 aromatic carbocycles. The van der Waals surface area contributed by atoms with Crippen LogP contribution >= 0.6 is 0 Å². The van der Waals surface area contributed by atoms with Gasteiger partial charge in [0.05, 0.1) is 7.11 Å². The van der Waals surface area contributed by atoms with Gasteiger partial charge in [0.15, 0.2) is 0 Å². The van der Waals surface area contributed by atoms with E-state index in [1.54, 1.807) is 24.4 Å². The number of hydrogen-bond donors (Lipinski definition) is 2. The Bertz CT molecular complexity index is 1290. The Morgan fingerprint density at radius 3 is 2.38 bits per heavy atom. The normalized spacial score (nSPS) is 19.1. The Balaban J connectivity index is 0.000000384. The number of amides is 2. The Hall–Kier alpha value is -3.61. The van der Waals surface area contributed by atoms with Gasteiger partial charge in [0.25, 0.3) is 0 Å². The van der Waals surface area contributed by atoms with Crippen LogP contribution in [0.15, 0.2) is 53.7 Å². The highest BCUT2D eigenvalue weighted by atomic mass is 16.5. The number of methoxy groups -OCH3 is 1. The minimum absolute atomic E-state index is 0. The van der Waals surface area contributed by atoms with Crippen molar-refractivity contribution in [2.24, 2.45) is 22.6 Å². The van der Waals surface area contributed by atoms with E-state index in [4.69, 9.17) is 10.5 Å². The zero-order valence-corrected chi connectivity index (χ0v) is 28.5. The van der Waals surface area contributed by atoms with Crippen molar-refractivity contribution in [2.75, 3.05) is 25.6 Å². The molecule has 0 radical (unpaired) electrons. The Labute approximate surface area is 273 Å². The molecular weight excluding hydrogens is 560 g/mol. The number of aliphatic imine (C=N–C) groups is 1. The van der Waals surface area contributed by atoms with E-state index in [1.165, 1.54) is 43.2 Å². The zero-order chi connectivity index (χ0) is 32.8. The van der Waals surface area contributed by atoms with Crippen molar-refractivity contribution in [3.63, 3.8) is 0 Å². The molecule has 2 amide bonds. The molecule has 45 heavy (non-hydrogen) atoms. The van der Waals surface area contributed by atoms with Gasteiger partial charge in [-0.3, -0.25) is 14.6 Å². The van der Waals surface area contributed by atoms with E-state index in [-0.39, 0.29) is 25.2 Å². The topological polar surface area (TPSA) is 97.0 Å². The summed E-state index contributed by atoms with van der Waals surface area (Å²) >= 11 is 0. The van der Waals surface area contributed by atoms with Crippen LogP contribution in [0.3, 0.4) is 0 Å². The minimum Gasteiger partial charge on any atom is -0.496 e. The van der Waals surface area contributed by atoms with Crippen LogP contribution in [-0.2, 0) is 9.59 Å².